The number of hydrogen-bond donors (Lipinski definition) is 1. The fraction of sp³-hybridized carbons (Fsp3) is 0.167. The van der Waals surface area contributed by atoms with Crippen LogP contribution in [0.5, 0.6) is 0 Å². The van der Waals surface area contributed by atoms with Gasteiger partial charge in [-0.25, -0.2) is 13.8 Å². The lowest BCUT2D eigenvalue weighted by molar-refractivity contribution is 0.0986. The summed E-state index contributed by atoms with van der Waals surface area (Å²) in [6.45, 7) is 0.234. The van der Waals surface area contributed by atoms with E-state index in [1.807, 2.05) is 0 Å². The molecule has 2 aromatic rings. The quantitative estimate of drug-likeness (QED) is 0.683. The molecule has 0 unspecified atom stereocenters. The summed E-state index contributed by atoms with van der Waals surface area (Å²) in [7, 11) is 0. The number of carbonyl (C=O) groups is 1. The lowest BCUT2D eigenvalue weighted by atomic mass is 10.1. The Morgan fingerprint density at radius 1 is 1.42 bits per heavy atom. The van der Waals surface area contributed by atoms with Crippen LogP contribution in [0.3, 0.4) is 0 Å². The zero-order chi connectivity index (χ0) is 14.0. The van der Waals surface area contributed by atoms with Crippen LogP contribution in [0.25, 0.3) is 0 Å². The molecule has 0 radical (unpaired) electrons. The molecule has 1 aromatic heterocycles. The predicted molar refractivity (Wildman–Crippen MR) is 72.1 cm³/mol. The zero-order valence-corrected chi connectivity index (χ0v) is 12.0. The van der Waals surface area contributed by atoms with Gasteiger partial charge in [-0.1, -0.05) is 0 Å². The van der Waals surface area contributed by atoms with E-state index in [1.165, 1.54) is 17.4 Å². The van der Waals surface area contributed by atoms with Gasteiger partial charge in [0.2, 0.25) is 0 Å². The normalized spacial score (nSPS) is 10.7. The van der Waals surface area contributed by atoms with Crippen LogP contribution in [0.1, 0.15) is 21.1 Å². The predicted octanol–water partition coefficient (Wildman–Crippen LogP) is 3.07. The Bertz CT molecular complexity index is 630. The fourth-order valence-electron chi connectivity index (χ4n) is 1.51. The highest BCUT2D eigenvalue weighted by Gasteiger charge is 2.18. The third-order valence-corrected chi connectivity index (χ3v) is 3.97. The summed E-state index contributed by atoms with van der Waals surface area (Å²) in [5, 5.41) is 2.15. The molecule has 0 saturated heterocycles. The van der Waals surface area contributed by atoms with E-state index in [0.717, 1.165) is 6.07 Å². The van der Waals surface area contributed by atoms with E-state index in [2.05, 4.69) is 20.9 Å². The Morgan fingerprint density at radius 2 is 2.16 bits per heavy atom. The summed E-state index contributed by atoms with van der Waals surface area (Å²) in [4.78, 5) is 15.9. The molecule has 1 heterocycles. The maximum atomic E-state index is 13.7. The van der Waals surface area contributed by atoms with Crippen molar-refractivity contribution in [3.05, 3.63) is 49.9 Å². The second kappa shape index (κ2) is 5.85. The minimum Gasteiger partial charge on any atom is -0.325 e. The van der Waals surface area contributed by atoms with Gasteiger partial charge in [-0.05, 0) is 28.1 Å². The molecule has 0 atom stereocenters. The van der Waals surface area contributed by atoms with Crippen molar-refractivity contribution in [3.63, 3.8) is 0 Å². The molecular weight excluding hydrogens is 338 g/mol. The van der Waals surface area contributed by atoms with Gasteiger partial charge in [-0.2, -0.15) is 0 Å². The van der Waals surface area contributed by atoms with Crippen LogP contribution >= 0.6 is 27.3 Å². The number of benzene rings is 1. The average Bonchev–Trinajstić information content (AvgIpc) is 2.88. The van der Waals surface area contributed by atoms with Crippen LogP contribution in [-0.2, 0) is 13.0 Å². The number of thiazole rings is 1. The number of carbonyl (C=O) groups excluding carboxylic acids is 1. The zero-order valence-electron chi connectivity index (χ0n) is 9.62. The lowest BCUT2D eigenvalue weighted by Crippen LogP contribution is -2.08. The number of nitrogens with two attached hydrogens (primary N) is 1. The first-order valence-electron chi connectivity index (χ1n) is 5.33. The van der Waals surface area contributed by atoms with E-state index in [1.54, 1.807) is 5.38 Å². The first kappa shape index (κ1) is 14.2. The Labute approximate surface area is 120 Å². The molecule has 3 nitrogen and oxygen atoms in total. The second-order valence-corrected chi connectivity index (χ2v) is 5.55. The van der Waals surface area contributed by atoms with Crippen molar-refractivity contribution in [2.24, 2.45) is 5.73 Å². The summed E-state index contributed by atoms with van der Waals surface area (Å²) in [5.41, 5.74) is 5.32. The van der Waals surface area contributed by atoms with Crippen molar-refractivity contribution >= 4 is 33.0 Å². The molecule has 0 aliphatic rings. The van der Waals surface area contributed by atoms with Crippen LogP contribution < -0.4 is 5.73 Å². The first-order chi connectivity index (χ1) is 9.02. The Morgan fingerprint density at radius 3 is 2.79 bits per heavy atom. The van der Waals surface area contributed by atoms with Crippen LogP contribution in [-0.4, -0.2) is 10.8 Å². The summed E-state index contributed by atoms with van der Waals surface area (Å²) in [5.74, 6) is -1.95. The summed E-state index contributed by atoms with van der Waals surface area (Å²) >= 11 is 4.20. The van der Waals surface area contributed by atoms with Crippen molar-refractivity contribution in [1.29, 1.82) is 0 Å². The first-order valence-corrected chi connectivity index (χ1v) is 7.00. The molecule has 19 heavy (non-hydrogen) atoms. The molecular formula is C12H9BrF2N2OS. The van der Waals surface area contributed by atoms with Crippen LogP contribution in [0, 0.1) is 11.6 Å². The number of rotatable bonds is 4. The van der Waals surface area contributed by atoms with Crippen molar-refractivity contribution in [2.45, 2.75) is 13.0 Å². The van der Waals surface area contributed by atoms with Gasteiger partial charge < -0.3 is 5.73 Å². The largest absolute Gasteiger partial charge is 0.325 e. The minimum absolute atomic E-state index is 0.123. The number of aromatic nitrogens is 1. The monoisotopic (exact) mass is 346 g/mol. The van der Waals surface area contributed by atoms with Crippen LogP contribution in [0.4, 0.5) is 8.78 Å². The highest BCUT2D eigenvalue weighted by molar-refractivity contribution is 9.10. The molecule has 2 rings (SSSR count). The maximum Gasteiger partial charge on any atom is 0.186 e. The van der Waals surface area contributed by atoms with Crippen LogP contribution in [0.15, 0.2) is 22.0 Å². The SMILES string of the molecule is NCc1nc(C(=O)Cc2c(F)ccc(Br)c2F)cs1. The second-order valence-electron chi connectivity index (χ2n) is 3.75. The molecule has 100 valence electrons. The summed E-state index contributed by atoms with van der Waals surface area (Å²) in [6.07, 6.45) is -0.370. The molecule has 0 saturated carbocycles. The molecule has 7 heteroatoms. The van der Waals surface area contributed by atoms with Gasteiger partial charge >= 0.3 is 0 Å². The number of halogens is 3. The minimum atomic E-state index is -0.761. The molecule has 0 amide bonds. The van der Waals surface area contributed by atoms with Gasteiger partial charge in [-0.15, -0.1) is 11.3 Å². The van der Waals surface area contributed by atoms with Crippen molar-refractivity contribution < 1.29 is 13.6 Å². The maximum absolute atomic E-state index is 13.7. The Kier molecular flexibility index (Phi) is 4.38. The number of hydrogen-bond acceptors (Lipinski definition) is 4. The topological polar surface area (TPSA) is 56.0 Å². The van der Waals surface area contributed by atoms with E-state index in [4.69, 9.17) is 5.73 Å². The van der Waals surface area contributed by atoms with Crippen molar-refractivity contribution in [2.75, 3.05) is 0 Å². The lowest BCUT2D eigenvalue weighted by Gasteiger charge is -2.04. The standard InChI is InChI=1S/C12H9BrF2N2OS/c13-7-1-2-8(14)6(12(7)15)3-10(18)9-5-19-11(4-16)17-9/h1-2,5H,3-4,16H2. The molecule has 0 spiro atoms. The van der Waals surface area contributed by atoms with Gasteiger partial charge in [0.25, 0.3) is 0 Å². The van der Waals surface area contributed by atoms with Gasteiger partial charge in [0.05, 0.1) is 4.47 Å². The fourth-order valence-corrected chi connectivity index (χ4v) is 2.57. The molecule has 0 bridgehead atoms. The highest BCUT2D eigenvalue weighted by Crippen LogP contribution is 2.23. The van der Waals surface area contributed by atoms with Gasteiger partial charge in [0.15, 0.2) is 5.78 Å². The van der Waals surface area contributed by atoms with Gasteiger partial charge in [0, 0.05) is 23.9 Å². The molecule has 2 N–H and O–H groups in total. The third kappa shape index (κ3) is 3.05. The Hall–Kier alpha value is -1.18. The average molecular weight is 347 g/mol. The van der Waals surface area contributed by atoms with Gasteiger partial charge in [-0.3, -0.25) is 4.79 Å². The number of nitrogens with zero attached hydrogens (tertiary/aromatic N) is 1. The Balaban J connectivity index is 2.26. The number of Topliss-reactive ketones (excluding diaryl/α,β-unsaturated/α-hetero) is 1. The van der Waals surface area contributed by atoms with Crippen molar-refractivity contribution in [1.82, 2.24) is 4.98 Å². The van der Waals surface area contributed by atoms with E-state index in [0.29, 0.717) is 5.01 Å². The van der Waals surface area contributed by atoms with Crippen LogP contribution in [0.2, 0.25) is 0 Å². The summed E-state index contributed by atoms with van der Waals surface area (Å²) in [6, 6.07) is 2.37. The molecule has 0 fully saturated rings. The van der Waals surface area contributed by atoms with E-state index in [-0.39, 0.29) is 28.7 Å². The smallest absolute Gasteiger partial charge is 0.186 e. The van der Waals surface area contributed by atoms with Crippen molar-refractivity contribution in [3.8, 4) is 0 Å². The van der Waals surface area contributed by atoms with E-state index >= 15 is 0 Å². The molecule has 0 aliphatic carbocycles. The number of ketones is 1. The van der Waals surface area contributed by atoms with E-state index in [9.17, 15) is 13.6 Å². The van der Waals surface area contributed by atoms with Gasteiger partial charge in [0.1, 0.15) is 22.3 Å². The molecule has 0 aliphatic heterocycles. The highest BCUT2D eigenvalue weighted by atomic mass is 79.9. The van der Waals surface area contributed by atoms with E-state index < -0.39 is 17.4 Å². The third-order valence-electron chi connectivity index (χ3n) is 2.49. The summed E-state index contributed by atoms with van der Waals surface area (Å²) < 4.78 is 27.4. The molecule has 1 aromatic carbocycles.